The molecule has 0 saturated heterocycles. The lowest BCUT2D eigenvalue weighted by molar-refractivity contribution is -0.120. The predicted octanol–water partition coefficient (Wildman–Crippen LogP) is 4.18. The van der Waals surface area contributed by atoms with Crippen LogP contribution in [0, 0.1) is 0 Å². The van der Waals surface area contributed by atoms with Gasteiger partial charge in [0.05, 0.1) is 5.25 Å². The van der Waals surface area contributed by atoms with Crippen LogP contribution in [-0.4, -0.2) is 17.7 Å². The third-order valence-electron chi connectivity index (χ3n) is 3.05. The number of halogens is 1. The second-order valence-corrected chi connectivity index (χ2v) is 6.59. The zero-order chi connectivity index (χ0) is 15.1. The molecule has 0 radical (unpaired) electrons. The van der Waals surface area contributed by atoms with Gasteiger partial charge in [0.25, 0.3) is 0 Å². The van der Waals surface area contributed by atoms with Gasteiger partial charge in [-0.3, -0.25) is 4.79 Å². The van der Waals surface area contributed by atoms with Crippen LogP contribution in [0.5, 0.6) is 0 Å². The van der Waals surface area contributed by atoms with E-state index in [-0.39, 0.29) is 11.2 Å². The van der Waals surface area contributed by atoms with Crippen molar-refractivity contribution in [3.05, 3.63) is 65.2 Å². The SMILES string of the molecule is C[C@@H](Sc1ccccc1)C(=O)NCCc1ccc(Cl)cc1. The normalized spacial score (nSPS) is 11.9. The summed E-state index contributed by atoms with van der Waals surface area (Å²) in [6.07, 6.45) is 0.811. The maximum Gasteiger partial charge on any atom is 0.233 e. The van der Waals surface area contributed by atoms with E-state index in [0.29, 0.717) is 6.54 Å². The Morgan fingerprint density at radius 1 is 1.14 bits per heavy atom. The van der Waals surface area contributed by atoms with Gasteiger partial charge in [0.15, 0.2) is 0 Å². The minimum atomic E-state index is -0.0994. The van der Waals surface area contributed by atoms with Crippen LogP contribution < -0.4 is 5.32 Å². The summed E-state index contributed by atoms with van der Waals surface area (Å²) in [5, 5.41) is 3.61. The maximum absolute atomic E-state index is 12.0. The minimum absolute atomic E-state index is 0.0674. The van der Waals surface area contributed by atoms with Crippen molar-refractivity contribution in [3.8, 4) is 0 Å². The molecule has 1 N–H and O–H groups in total. The topological polar surface area (TPSA) is 29.1 Å². The van der Waals surface area contributed by atoms with Gasteiger partial charge in [-0.05, 0) is 43.2 Å². The molecule has 0 bridgehead atoms. The summed E-state index contributed by atoms with van der Waals surface area (Å²) in [6, 6.07) is 17.7. The Balaban J connectivity index is 1.75. The first-order valence-corrected chi connectivity index (χ1v) is 8.15. The molecule has 2 rings (SSSR count). The minimum Gasteiger partial charge on any atom is -0.355 e. The van der Waals surface area contributed by atoms with Crippen molar-refractivity contribution in [1.29, 1.82) is 0 Å². The van der Waals surface area contributed by atoms with Crippen LogP contribution in [0.1, 0.15) is 12.5 Å². The summed E-state index contributed by atoms with van der Waals surface area (Å²) in [7, 11) is 0. The highest BCUT2D eigenvalue weighted by Crippen LogP contribution is 2.22. The first kappa shape index (κ1) is 15.9. The van der Waals surface area contributed by atoms with E-state index in [4.69, 9.17) is 11.6 Å². The average molecular weight is 320 g/mol. The molecule has 2 aromatic carbocycles. The Morgan fingerprint density at radius 3 is 2.48 bits per heavy atom. The van der Waals surface area contributed by atoms with Crippen molar-refractivity contribution < 1.29 is 4.79 Å². The Labute approximate surface area is 134 Å². The fourth-order valence-corrected chi connectivity index (χ4v) is 2.92. The van der Waals surface area contributed by atoms with Gasteiger partial charge in [0.1, 0.15) is 0 Å². The molecule has 2 aromatic rings. The van der Waals surface area contributed by atoms with E-state index in [0.717, 1.165) is 16.3 Å². The van der Waals surface area contributed by atoms with E-state index in [1.54, 1.807) is 11.8 Å². The zero-order valence-corrected chi connectivity index (χ0v) is 13.5. The highest BCUT2D eigenvalue weighted by Gasteiger charge is 2.13. The number of benzene rings is 2. The van der Waals surface area contributed by atoms with E-state index in [2.05, 4.69) is 5.32 Å². The smallest absolute Gasteiger partial charge is 0.233 e. The summed E-state index contributed by atoms with van der Waals surface area (Å²) >= 11 is 7.41. The van der Waals surface area contributed by atoms with E-state index in [1.165, 1.54) is 5.56 Å². The molecule has 1 amide bonds. The van der Waals surface area contributed by atoms with Gasteiger partial charge in [0.2, 0.25) is 5.91 Å². The van der Waals surface area contributed by atoms with Crippen molar-refractivity contribution in [2.24, 2.45) is 0 Å². The first-order valence-electron chi connectivity index (χ1n) is 6.89. The van der Waals surface area contributed by atoms with Crippen molar-refractivity contribution in [3.63, 3.8) is 0 Å². The Morgan fingerprint density at radius 2 is 1.81 bits per heavy atom. The number of hydrogen-bond acceptors (Lipinski definition) is 2. The molecule has 0 spiro atoms. The lowest BCUT2D eigenvalue weighted by Gasteiger charge is -2.12. The van der Waals surface area contributed by atoms with Gasteiger partial charge >= 0.3 is 0 Å². The van der Waals surface area contributed by atoms with Crippen LogP contribution >= 0.6 is 23.4 Å². The van der Waals surface area contributed by atoms with Crippen LogP contribution in [0.2, 0.25) is 5.02 Å². The van der Waals surface area contributed by atoms with Gasteiger partial charge in [-0.25, -0.2) is 0 Å². The van der Waals surface area contributed by atoms with Crippen molar-refractivity contribution in [2.45, 2.75) is 23.5 Å². The third-order valence-corrected chi connectivity index (χ3v) is 4.42. The second kappa shape index (κ2) is 8.11. The second-order valence-electron chi connectivity index (χ2n) is 4.74. The molecule has 21 heavy (non-hydrogen) atoms. The van der Waals surface area contributed by atoms with Crippen LogP contribution in [0.15, 0.2) is 59.5 Å². The number of hydrogen-bond donors (Lipinski definition) is 1. The van der Waals surface area contributed by atoms with Crippen LogP contribution in [0.3, 0.4) is 0 Å². The van der Waals surface area contributed by atoms with Crippen LogP contribution in [-0.2, 0) is 11.2 Å². The molecule has 4 heteroatoms. The van der Waals surface area contributed by atoms with Crippen molar-refractivity contribution in [1.82, 2.24) is 5.32 Å². The monoisotopic (exact) mass is 319 g/mol. The molecule has 0 saturated carbocycles. The summed E-state index contributed by atoms with van der Waals surface area (Å²) in [4.78, 5) is 13.1. The molecule has 0 heterocycles. The molecule has 0 fully saturated rings. The number of thioether (sulfide) groups is 1. The van der Waals surface area contributed by atoms with Gasteiger partial charge in [0, 0.05) is 16.5 Å². The molecule has 0 aliphatic heterocycles. The lowest BCUT2D eigenvalue weighted by atomic mass is 10.1. The summed E-state index contributed by atoms with van der Waals surface area (Å²) in [5.41, 5.74) is 1.17. The van der Waals surface area contributed by atoms with Crippen LogP contribution in [0.25, 0.3) is 0 Å². The summed E-state index contributed by atoms with van der Waals surface area (Å²) in [6.45, 7) is 2.56. The molecular weight excluding hydrogens is 302 g/mol. The summed E-state index contributed by atoms with van der Waals surface area (Å²) < 4.78 is 0. The third kappa shape index (κ3) is 5.44. The highest BCUT2D eigenvalue weighted by atomic mass is 35.5. The molecule has 1 atom stereocenters. The van der Waals surface area contributed by atoms with E-state index in [1.807, 2.05) is 61.5 Å². The number of carbonyl (C=O) groups excluding carboxylic acids is 1. The Kier molecular flexibility index (Phi) is 6.15. The molecule has 110 valence electrons. The average Bonchev–Trinajstić information content (AvgIpc) is 2.50. The van der Waals surface area contributed by atoms with E-state index < -0.39 is 0 Å². The molecule has 0 unspecified atom stereocenters. The van der Waals surface area contributed by atoms with Crippen LogP contribution in [0.4, 0.5) is 0 Å². The number of carbonyl (C=O) groups is 1. The predicted molar refractivity (Wildman–Crippen MR) is 89.9 cm³/mol. The van der Waals surface area contributed by atoms with Gasteiger partial charge < -0.3 is 5.32 Å². The number of nitrogens with one attached hydrogen (secondary N) is 1. The fourth-order valence-electron chi connectivity index (χ4n) is 1.88. The van der Waals surface area contributed by atoms with Crippen molar-refractivity contribution in [2.75, 3.05) is 6.54 Å². The molecular formula is C17H18ClNOS. The zero-order valence-electron chi connectivity index (χ0n) is 11.9. The number of amides is 1. The molecule has 0 aliphatic rings. The van der Waals surface area contributed by atoms with Gasteiger partial charge in [-0.15, -0.1) is 11.8 Å². The Hall–Kier alpha value is -1.45. The number of rotatable bonds is 6. The fraction of sp³-hybridized carbons (Fsp3) is 0.235. The van der Waals surface area contributed by atoms with E-state index >= 15 is 0 Å². The molecule has 2 nitrogen and oxygen atoms in total. The molecule has 0 aliphatic carbocycles. The van der Waals surface area contributed by atoms with Crippen molar-refractivity contribution >= 4 is 29.3 Å². The largest absolute Gasteiger partial charge is 0.355 e. The van der Waals surface area contributed by atoms with Gasteiger partial charge in [-0.2, -0.15) is 0 Å². The van der Waals surface area contributed by atoms with Gasteiger partial charge in [-0.1, -0.05) is 41.9 Å². The highest BCUT2D eigenvalue weighted by molar-refractivity contribution is 8.00. The van der Waals surface area contributed by atoms with E-state index in [9.17, 15) is 4.79 Å². The standard InChI is InChI=1S/C17H18ClNOS/c1-13(21-16-5-3-2-4-6-16)17(20)19-12-11-14-7-9-15(18)10-8-14/h2-10,13H,11-12H2,1H3,(H,19,20)/t13-/m1/s1. The first-order chi connectivity index (χ1) is 10.1. The Bertz CT molecular complexity index is 571. The lowest BCUT2D eigenvalue weighted by Crippen LogP contribution is -2.32. The molecule has 0 aromatic heterocycles. The summed E-state index contributed by atoms with van der Waals surface area (Å²) in [5.74, 6) is 0.0674. The maximum atomic E-state index is 12.0. The quantitative estimate of drug-likeness (QED) is 0.809.